The first-order valence-electron chi connectivity index (χ1n) is 8.90. The lowest BCUT2D eigenvalue weighted by Crippen LogP contribution is -2.55. The minimum Gasteiger partial charge on any atom is -0.368 e. The third kappa shape index (κ3) is 4.58. The molecule has 0 bridgehead atoms. The van der Waals surface area contributed by atoms with Crippen LogP contribution in [0.3, 0.4) is 0 Å². The Morgan fingerprint density at radius 2 is 2.11 bits per heavy atom. The number of hydrogen-bond donors (Lipinski definition) is 1. The largest absolute Gasteiger partial charge is 0.368 e. The zero-order valence-corrected chi connectivity index (χ0v) is 18.4. The van der Waals surface area contributed by atoms with E-state index in [0.717, 1.165) is 23.1 Å². The lowest BCUT2D eigenvalue weighted by Gasteiger charge is -2.46. The molecule has 144 valence electrons. The van der Waals surface area contributed by atoms with E-state index in [1.165, 1.54) is 0 Å². The summed E-state index contributed by atoms with van der Waals surface area (Å²) in [5, 5.41) is 4.08. The van der Waals surface area contributed by atoms with Crippen molar-refractivity contribution < 1.29 is 4.79 Å². The maximum absolute atomic E-state index is 13.3. The molecule has 2 heterocycles. The molecule has 4 nitrogen and oxygen atoms in total. The van der Waals surface area contributed by atoms with Crippen molar-refractivity contribution in [1.29, 1.82) is 0 Å². The normalized spacial score (nSPS) is 19.0. The number of piperidine rings is 1. The van der Waals surface area contributed by atoms with Gasteiger partial charge in [0.2, 0.25) is 0 Å². The molecule has 0 saturated carbocycles. The van der Waals surface area contributed by atoms with Crippen LogP contribution in [0.1, 0.15) is 37.0 Å². The summed E-state index contributed by atoms with van der Waals surface area (Å²) >= 11 is 15.8. The minimum atomic E-state index is -0.0779. The Bertz CT molecular complexity index is 826. The van der Waals surface area contributed by atoms with E-state index in [1.54, 1.807) is 24.4 Å². The molecule has 1 atom stereocenters. The molecule has 1 amide bonds. The number of hydrogen-bond acceptors (Lipinski definition) is 3. The molecule has 0 spiro atoms. The van der Waals surface area contributed by atoms with Crippen LogP contribution in [0.25, 0.3) is 0 Å². The van der Waals surface area contributed by atoms with E-state index in [1.807, 2.05) is 17.0 Å². The number of halogens is 3. The van der Waals surface area contributed by atoms with Crippen molar-refractivity contribution in [3.8, 4) is 0 Å². The summed E-state index contributed by atoms with van der Waals surface area (Å²) in [6.07, 6.45) is 3.77. The second kappa shape index (κ2) is 8.38. The topological polar surface area (TPSA) is 45.2 Å². The number of amides is 1. The van der Waals surface area contributed by atoms with Crippen LogP contribution in [0.5, 0.6) is 0 Å². The fourth-order valence-corrected chi connectivity index (χ4v) is 4.20. The average molecular weight is 471 g/mol. The lowest BCUT2D eigenvalue weighted by molar-refractivity contribution is 0.0320. The molecular formula is C20H22BrCl2N3O. The molecule has 1 unspecified atom stereocenters. The smallest absolute Gasteiger partial charge is 0.255 e. The van der Waals surface area contributed by atoms with Gasteiger partial charge in [-0.3, -0.25) is 4.79 Å². The third-order valence-electron chi connectivity index (χ3n) is 5.15. The van der Waals surface area contributed by atoms with Gasteiger partial charge in [0.25, 0.3) is 5.91 Å². The highest BCUT2D eigenvalue weighted by molar-refractivity contribution is 9.10. The van der Waals surface area contributed by atoms with Gasteiger partial charge < -0.3 is 10.2 Å². The van der Waals surface area contributed by atoms with Gasteiger partial charge in [0.1, 0.15) is 5.82 Å². The van der Waals surface area contributed by atoms with Gasteiger partial charge in [0.05, 0.1) is 21.7 Å². The van der Waals surface area contributed by atoms with Crippen LogP contribution in [0.2, 0.25) is 10.0 Å². The number of benzene rings is 1. The van der Waals surface area contributed by atoms with Crippen LogP contribution >= 0.6 is 39.1 Å². The summed E-state index contributed by atoms with van der Waals surface area (Å²) in [6.45, 7) is 5.72. The molecule has 1 aromatic heterocycles. The number of carbonyl (C=O) groups excluding carboxylic acids is 1. The number of rotatable bonds is 4. The first-order valence-corrected chi connectivity index (χ1v) is 10.4. The van der Waals surface area contributed by atoms with Crippen LogP contribution < -0.4 is 5.32 Å². The Balaban J connectivity index is 1.84. The van der Waals surface area contributed by atoms with Crippen LogP contribution in [0.4, 0.5) is 5.82 Å². The summed E-state index contributed by atoms with van der Waals surface area (Å²) in [6, 6.07) is 9.06. The van der Waals surface area contributed by atoms with Crippen LogP contribution in [-0.4, -0.2) is 34.9 Å². The molecule has 1 aliphatic rings. The summed E-state index contributed by atoms with van der Waals surface area (Å²) in [5.41, 5.74) is 0.426. The molecule has 2 aromatic rings. The van der Waals surface area contributed by atoms with Crippen molar-refractivity contribution in [3.63, 3.8) is 0 Å². The zero-order valence-electron chi connectivity index (χ0n) is 15.3. The van der Waals surface area contributed by atoms with Crippen molar-refractivity contribution in [3.05, 3.63) is 56.6 Å². The van der Waals surface area contributed by atoms with Crippen molar-refractivity contribution in [2.24, 2.45) is 5.41 Å². The van der Waals surface area contributed by atoms with E-state index in [9.17, 15) is 4.79 Å². The van der Waals surface area contributed by atoms with Crippen molar-refractivity contribution >= 4 is 50.9 Å². The molecule has 27 heavy (non-hydrogen) atoms. The number of aromatic nitrogens is 1. The fourth-order valence-electron chi connectivity index (χ4n) is 3.58. The molecular weight excluding hydrogens is 449 g/mol. The molecule has 1 N–H and O–H groups in total. The van der Waals surface area contributed by atoms with Crippen LogP contribution in [0, 0.1) is 5.41 Å². The highest BCUT2D eigenvalue weighted by Gasteiger charge is 2.40. The Hall–Kier alpha value is -1.30. The zero-order chi connectivity index (χ0) is 19.6. The minimum absolute atomic E-state index is 0.0132. The van der Waals surface area contributed by atoms with Gasteiger partial charge in [-0.1, -0.05) is 43.1 Å². The van der Waals surface area contributed by atoms with E-state index in [2.05, 4.69) is 40.1 Å². The number of pyridine rings is 1. The molecule has 1 aromatic carbocycles. The molecule has 7 heteroatoms. The highest BCUT2D eigenvalue weighted by atomic mass is 79.9. The van der Waals surface area contributed by atoms with Gasteiger partial charge >= 0.3 is 0 Å². The first kappa shape index (κ1) is 20.4. The molecule has 1 aliphatic heterocycles. The average Bonchev–Trinajstić information content (AvgIpc) is 2.63. The maximum Gasteiger partial charge on any atom is 0.255 e. The van der Waals surface area contributed by atoms with Crippen molar-refractivity contribution in [2.45, 2.75) is 32.7 Å². The van der Waals surface area contributed by atoms with Gasteiger partial charge in [0.15, 0.2) is 0 Å². The molecule has 0 radical (unpaired) electrons. The standard InChI is InChI=1S/C20H22BrCl2N3O/c1-20(2)9-4-10-26(19(27)14-5-3-6-15(22)18(14)23)16(20)12-25-17-8-7-13(21)11-24-17/h3,5-8,11,16H,4,9-10,12H2,1-2H3,(H,24,25). The van der Waals surface area contributed by atoms with E-state index >= 15 is 0 Å². The summed E-state index contributed by atoms with van der Waals surface area (Å²) in [7, 11) is 0. The van der Waals surface area contributed by atoms with Crippen LogP contribution in [-0.2, 0) is 0 Å². The van der Waals surface area contributed by atoms with Gasteiger partial charge in [-0.2, -0.15) is 0 Å². The Morgan fingerprint density at radius 3 is 2.81 bits per heavy atom. The summed E-state index contributed by atoms with van der Waals surface area (Å²) in [5.74, 6) is 0.707. The molecule has 1 fully saturated rings. The quantitative estimate of drug-likeness (QED) is 0.605. The Morgan fingerprint density at radius 1 is 1.33 bits per heavy atom. The lowest BCUT2D eigenvalue weighted by atomic mass is 9.76. The van der Waals surface area contributed by atoms with Gasteiger partial charge in [0, 0.05) is 23.8 Å². The molecule has 3 rings (SSSR count). The SMILES string of the molecule is CC1(C)CCCN(C(=O)c2cccc(Cl)c2Cl)C1CNc1ccc(Br)cn1. The second-order valence-corrected chi connectivity index (χ2v) is 9.15. The maximum atomic E-state index is 13.3. The van der Waals surface area contributed by atoms with E-state index in [-0.39, 0.29) is 17.4 Å². The number of likely N-dealkylation sites (tertiary alicyclic amines) is 1. The third-order valence-corrected chi connectivity index (χ3v) is 6.43. The van der Waals surface area contributed by atoms with E-state index < -0.39 is 0 Å². The van der Waals surface area contributed by atoms with Crippen molar-refractivity contribution in [2.75, 3.05) is 18.4 Å². The summed E-state index contributed by atoms with van der Waals surface area (Å²) < 4.78 is 0.929. The number of nitrogens with one attached hydrogen (secondary N) is 1. The molecule has 0 aliphatic carbocycles. The monoisotopic (exact) mass is 469 g/mol. The van der Waals surface area contributed by atoms with Crippen LogP contribution in [0.15, 0.2) is 41.0 Å². The number of anilines is 1. The van der Waals surface area contributed by atoms with Crippen molar-refractivity contribution in [1.82, 2.24) is 9.88 Å². The summed E-state index contributed by atoms with van der Waals surface area (Å²) in [4.78, 5) is 19.5. The predicted octanol–water partition coefficient (Wildman–Crippen LogP) is 5.89. The Labute approximate surface area is 178 Å². The fraction of sp³-hybridized carbons (Fsp3) is 0.400. The van der Waals surface area contributed by atoms with Gasteiger partial charge in [-0.25, -0.2) is 4.98 Å². The number of carbonyl (C=O) groups is 1. The Kier molecular flexibility index (Phi) is 6.34. The van der Waals surface area contributed by atoms with Gasteiger partial charge in [-0.05, 0) is 58.5 Å². The first-order chi connectivity index (χ1) is 12.8. The second-order valence-electron chi connectivity index (χ2n) is 7.45. The predicted molar refractivity (Wildman–Crippen MR) is 115 cm³/mol. The number of nitrogens with zero attached hydrogens (tertiary/aromatic N) is 2. The molecule has 1 saturated heterocycles. The highest BCUT2D eigenvalue weighted by Crippen LogP contribution is 2.37. The van der Waals surface area contributed by atoms with Gasteiger partial charge in [-0.15, -0.1) is 0 Å². The van der Waals surface area contributed by atoms with E-state index in [0.29, 0.717) is 28.7 Å². The van der Waals surface area contributed by atoms with E-state index in [4.69, 9.17) is 23.2 Å².